The predicted octanol–water partition coefficient (Wildman–Crippen LogP) is 1.35. The summed E-state index contributed by atoms with van der Waals surface area (Å²) < 4.78 is 1.86. The Morgan fingerprint density at radius 3 is 3.15 bits per heavy atom. The van der Waals surface area contributed by atoms with Gasteiger partial charge in [-0.2, -0.15) is 0 Å². The number of nitrogens with one attached hydrogen (secondary N) is 1. The van der Waals surface area contributed by atoms with Crippen molar-refractivity contribution in [3.05, 3.63) is 18.2 Å². The standard InChI is InChI=1S/C13H17N5O2/c1-8-16-17-12-11(14-5-6-18(8)12)15-7-9-3-2-4-10(9)13(19)20/h5-6,9-10H,2-4,7H2,1H3,(H,14,15)(H,19,20). The number of aromatic nitrogens is 4. The Bertz CT molecular complexity index is 639. The molecule has 2 aromatic heterocycles. The molecule has 2 aromatic rings. The highest BCUT2D eigenvalue weighted by molar-refractivity contribution is 5.71. The highest BCUT2D eigenvalue weighted by Gasteiger charge is 2.32. The summed E-state index contributed by atoms with van der Waals surface area (Å²) in [6.07, 6.45) is 6.19. The zero-order valence-corrected chi connectivity index (χ0v) is 11.3. The fourth-order valence-electron chi connectivity index (χ4n) is 2.90. The SMILES string of the molecule is Cc1nnc2c(NCC3CCCC3C(=O)O)nccn12. The number of hydrogen-bond donors (Lipinski definition) is 2. The van der Waals surface area contributed by atoms with Crippen molar-refractivity contribution in [1.82, 2.24) is 19.6 Å². The predicted molar refractivity (Wildman–Crippen MR) is 72.5 cm³/mol. The smallest absolute Gasteiger partial charge is 0.306 e. The number of carboxylic acids is 1. The second kappa shape index (κ2) is 5.07. The van der Waals surface area contributed by atoms with Crippen LogP contribution in [0.4, 0.5) is 5.82 Å². The largest absolute Gasteiger partial charge is 0.481 e. The van der Waals surface area contributed by atoms with E-state index < -0.39 is 5.97 Å². The van der Waals surface area contributed by atoms with E-state index in [9.17, 15) is 9.90 Å². The van der Waals surface area contributed by atoms with E-state index in [-0.39, 0.29) is 11.8 Å². The van der Waals surface area contributed by atoms with E-state index >= 15 is 0 Å². The van der Waals surface area contributed by atoms with Gasteiger partial charge in [0.05, 0.1) is 5.92 Å². The molecule has 7 heteroatoms. The van der Waals surface area contributed by atoms with Crippen molar-refractivity contribution in [3.8, 4) is 0 Å². The Labute approximate surface area is 116 Å². The van der Waals surface area contributed by atoms with Crippen molar-refractivity contribution in [2.75, 3.05) is 11.9 Å². The van der Waals surface area contributed by atoms with E-state index in [2.05, 4.69) is 20.5 Å². The maximum atomic E-state index is 11.2. The third-order valence-corrected chi connectivity index (χ3v) is 4.01. The number of anilines is 1. The van der Waals surface area contributed by atoms with Crippen LogP contribution in [-0.4, -0.2) is 37.2 Å². The van der Waals surface area contributed by atoms with E-state index in [4.69, 9.17) is 0 Å². The molecule has 0 radical (unpaired) electrons. The summed E-state index contributed by atoms with van der Waals surface area (Å²) in [6, 6.07) is 0. The fraction of sp³-hybridized carbons (Fsp3) is 0.538. The van der Waals surface area contributed by atoms with Crippen LogP contribution in [0.25, 0.3) is 5.65 Å². The zero-order chi connectivity index (χ0) is 14.1. The number of nitrogens with zero attached hydrogens (tertiary/aromatic N) is 4. The number of carbonyl (C=O) groups is 1. The van der Waals surface area contributed by atoms with Gasteiger partial charge in [0.1, 0.15) is 5.82 Å². The van der Waals surface area contributed by atoms with Gasteiger partial charge in [-0.1, -0.05) is 6.42 Å². The molecule has 2 heterocycles. The normalized spacial score (nSPS) is 22.2. The molecular weight excluding hydrogens is 258 g/mol. The lowest BCUT2D eigenvalue weighted by Crippen LogP contribution is -2.24. The van der Waals surface area contributed by atoms with E-state index in [1.807, 2.05) is 17.5 Å². The van der Waals surface area contributed by atoms with E-state index in [1.165, 1.54) is 0 Å². The van der Waals surface area contributed by atoms with Crippen LogP contribution < -0.4 is 5.32 Å². The molecule has 7 nitrogen and oxygen atoms in total. The average Bonchev–Trinajstić information content (AvgIpc) is 3.04. The molecule has 0 aliphatic heterocycles. The number of carboxylic acid groups (broad SMARTS) is 1. The highest BCUT2D eigenvalue weighted by Crippen LogP contribution is 2.32. The zero-order valence-electron chi connectivity index (χ0n) is 11.3. The van der Waals surface area contributed by atoms with Gasteiger partial charge in [0, 0.05) is 18.9 Å². The van der Waals surface area contributed by atoms with Gasteiger partial charge in [0.2, 0.25) is 5.65 Å². The summed E-state index contributed by atoms with van der Waals surface area (Å²) in [4.78, 5) is 15.4. The average molecular weight is 275 g/mol. The first-order valence-corrected chi connectivity index (χ1v) is 6.80. The minimum Gasteiger partial charge on any atom is -0.481 e. The Balaban J connectivity index is 1.75. The van der Waals surface area contributed by atoms with Gasteiger partial charge >= 0.3 is 5.97 Å². The summed E-state index contributed by atoms with van der Waals surface area (Å²) in [5.74, 6) is 0.665. The molecule has 2 unspecified atom stereocenters. The van der Waals surface area contributed by atoms with E-state index in [1.54, 1.807) is 6.20 Å². The molecule has 1 aliphatic carbocycles. The highest BCUT2D eigenvalue weighted by atomic mass is 16.4. The first-order chi connectivity index (χ1) is 9.66. The van der Waals surface area contributed by atoms with Crippen molar-refractivity contribution < 1.29 is 9.90 Å². The summed E-state index contributed by atoms with van der Waals surface area (Å²) in [6.45, 7) is 2.48. The molecule has 0 saturated heterocycles. The second-order valence-electron chi connectivity index (χ2n) is 5.23. The van der Waals surface area contributed by atoms with Crippen LogP contribution in [0.1, 0.15) is 25.1 Å². The molecule has 106 valence electrons. The lowest BCUT2D eigenvalue weighted by Gasteiger charge is -2.16. The quantitative estimate of drug-likeness (QED) is 0.875. The maximum Gasteiger partial charge on any atom is 0.306 e. The molecule has 0 spiro atoms. The Morgan fingerprint density at radius 1 is 1.50 bits per heavy atom. The van der Waals surface area contributed by atoms with Crippen LogP contribution in [0.2, 0.25) is 0 Å². The van der Waals surface area contributed by atoms with Crippen LogP contribution in [0, 0.1) is 18.8 Å². The number of hydrogen-bond acceptors (Lipinski definition) is 5. The van der Waals surface area contributed by atoms with Gasteiger partial charge in [0.15, 0.2) is 5.82 Å². The second-order valence-corrected chi connectivity index (χ2v) is 5.23. The van der Waals surface area contributed by atoms with Crippen molar-refractivity contribution in [2.24, 2.45) is 11.8 Å². The molecule has 1 aliphatic rings. The third-order valence-electron chi connectivity index (χ3n) is 4.01. The van der Waals surface area contributed by atoms with Crippen LogP contribution in [0.5, 0.6) is 0 Å². The van der Waals surface area contributed by atoms with E-state index in [0.717, 1.165) is 25.1 Å². The number of aliphatic carboxylic acids is 1. The molecule has 2 N–H and O–H groups in total. The summed E-state index contributed by atoms with van der Waals surface area (Å²) >= 11 is 0. The van der Waals surface area contributed by atoms with Crippen LogP contribution in [0.3, 0.4) is 0 Å². The number of fused-ring (bicyclic) bond motifs is 1. The van der Waals surface area contributed by atoms with Gasteiger partial charge in [-0.25, -0.2) is 4.98 Å². The maximum absolute atomic E-state index is 11.2. The topological polar surface area (TPSA) is 92.4 Å². The van der Waals surface area contributed by atoms with Crippen molar-refractivity contribution in [1.29, 1.82) is 0 Å². The van der Waals surface area contributed by atoms with Crippen molar-refractivity contribution in [3.63, 3.8) is 0 Å². The molecule has 2 atom stereocenters. The number of aryl methyl sites for hydroxylation is 1. The molecule has 0 amide bonds. The Kier molecular flexibility index (Phi) is 3.25. The number of rotatable bonds is 4. The first-order valence-electron chi connectivity index (χ1n) is 6.80. The van der Waals surface area contributed by atoms with Crippen molar-refractivity contribution >= 4 is 17.4 Å². The fourth-order valence-corrected chi connectivity index (χ4v) is 2.90. The van der Waals surface area contributed by atoms with Gasteiger partial charge in [-0.05, 0) is 25.7 Å². The third kappa shape index (κ3) is 2.19. The van der Waals surface area contributed by atoms with Gasteiger partial charge in [0.25, 0.3) is 0 Å². The lowest BCUT2D eigenvalue weighted by molar-refractivity contribution is -0.142. The summed E-state index contributed by atoms with van der Waals surface area (Å²) in [5.41, 5.74) is 0.676. The first kappa shape index (κ1) is 12.8. The Morgan fingerprint density at radius 2 is 2.35 bits per heavy atom. The van der Waals surface area contributed by atoms with Gasteiger partial charge in [-0.3, -0.25) is 9.20 Å². The summed E-state index contributed by atoms with van der Waals surface area (Å²) in [5, 5.41) is 20.5. The lowest BCUT2D eigenvalue weighted by atomic mass is 9.96. The molecule has 1 fully saturated rings. The van der Waals surface area contributed by atoms with Crippen LogP contribution in [-0.2, 0) is 4.79 Å². The molecule has 0 bridgehead atoms. The molecular formula is C13H17N5O2. The molecule has 0 aromatic carbocycles. The Hall–Kier alpha value is -2.18. The monoisotopic (exact) mass is 275 g/mol. The van der Waals surface area contributed by atoms with Gasteiger partial charge < -0.3 is 10.4 Å². The van der Waals surface area contributed by atoms with Crippen LogP contribution >= 0.6 is 0 Å². The van der Waals surface area contributed by atoms with Crippen LogP contribution in [0.15, 0.2) is 12.4 Å². The minimum atomic E-state index is -0.696. The van der Waals surface area contributed by atoms with Gasteiger partial charge in [-0.15, -0.1) is 10.2 Å². The summed E-state index contributed by atoms with van der Waals surface area (Å²) in [7, 11) is 0. The molecule has 3 rings (SSSR count). The molecule has 20 heavy (non-hydrogen) atoms. The van der Waals surface area contributed by atoms with Crippen molar-refractivity contribution in [2.45, 2.75) is 26.2 Å². The molecule has 1 saturated carbocycles. The minimum absolute atomic E-state index is 0.151. The van der Waals surface area contributed by atoms with E-state index in [0.29, 0.717) is 18.0 Å².